The second-order valence-corrected chi connectivity index (χ2v) is 5.06. The molecule has 0 spiro atoms. The van der Waals surface area contributed by atoms with Crippen LogP contribution in [0.5, 0.6) is 5.75 Å². The Morgan fingerprint density at radius 3 is 2.50 bits per heavy atom. The zero-order chi connectivity index (χ0) is 15.3. The molecular weight excluding hydrogens is 282 g/mol. The smallest absolute Gasteiger partial charge is 0.308 e. The van der Waals surface area contributed by atoms with Crippen LogP contribution in [0.4, 0.5) is 0 Å². The lowest BCUT2D eigenvalue weighted by Crippen LogP contribution is -2.41. The van der Waals surface area contributed by atoms with Crippen LogP contribution in [0, 0.1) is 5.92 Å². The number of para-hydroxylation sites is 1. The number of carboxylic acids is 1. The van der Waals surface area contributed by atoms with Gasteiger partial charge in [-0.05, 0) is 19.1 Å². The van der Waals surface area contributed by atoms with Crippen molar-refractivity contribution in [1.82, 2.24) is 4.90 Å². The Balaban J connectivity index is 2.63. The van der Waals surface area contributed by atoms with Gasteiger partial charge in [0.2, 0.25) is 0 Å². The van der Waals surface area contributed by atoms with E-state index in [1.807, 2.05) is 0 Å². The highest BCUT2D eigenvalue weighted by molar-refractivity contribution is 6.32. The summed E-state index contributed by atoms with van der Waals surface area (Å²) in [6, 6.07) is 6.87. The van der Waals surface area contributed by atoms with Gasteiger partial charge in [-0.2, -0.15) is 0 Å². The number of amides is 1. The molecule has 1 N–H and O–H groups in total. The number of benzene rings is 1. The molecule has 1 aromatic rings. The summed E-state index contributed by atoms with van der Waals surface area (Å²) in [6.45, 7) is 3.28. The van der Waals surface area contributed by atoms with Crippen LogP contribution in [0.1, 0.15) is 13.8 Å². The minimum Gasteiger partial charge on any atom is -0.481 e. The van der Waals surface area contributed by atoms with E-state index in [1.54, 1.807) is 45.2 Å². The zero-order valence-corrected chi connectivity index (χ0v) is 12.4. The molecule has 110 valence electrons. The third kappa shape index (κ3) is 4.42. The molecule has 20 heavy (non-hydrogen) atoms. The van der Waals surface area contributed by atoms with Crippen LogP contribution < -0.4 is 4.74 Å². The van der Waals surface area contributed by atoms with Crippen LogP contribution in [0.2, 0.25) is 5.02 Å². The molecule has 1 aromatic carbocycles. The summed E-state index contributed by atoms with van der Waals surface area (Å²) in [6.07, 6.45) is -0.735. The van der Waals surface area contributed by atoms with Gasteiger partial charge in [-0.1, -0.05) is 30.7 Å². The van der Waals surface area contributed by atoms with Gasteiger partial charge in [-0.25, -0.2) is 0 Å². The van der Waals surface area contributed by atoms with E-state index in [1.165, 1.54) is 4.90 Å². The molecule has 2 atom stereocenters. The summed E-state index contributed by atoms with van der Waals surface area (Å²) >= 11 is 5.95. The Morgan fingerprint density at radius 1 is 1.35 bits per heavy atom. The maximum absolute atomic E-state index is 12.1. The van der Waals surface area contributed by atoms with Gasteiger partial charge >= 0.3 is 5.97 Å². The summed E-state index contributed by atoms with van der Waals surface area (Å²) in [5.74, 6) is -1.44. The lowest BCUT2D eigenvalue weighted by atomic mass is 10.1. The number of hydrogen-bond donors (Lipinski definition) is 1. The number of carboxylic acid groups (broad SMARTS) is 1. The van der Waals surface area contributed by atoms with E-state index < -0.39 is 18.0 Å². The SMILES string of the molecule is CC(CN(C)C(=O)C(C)Oc1ccccc1Cl)C(=O)O. The number of aliphatic carboxylic acids is 1. The molecule has 0 heterocycles. The summed E-state index contributed by atoms with van der Waals surface area (Å²) < 4.78 is 5.50. The number of nitrogens with zero attached hydrogens (tertiary/aromatic N) is 1. The number of carbonyl (C=O) groups excluding carboxylic acids is 1. The fourth-order valence-corrected chi connectivity index (χ4v) is 1.85. The van der Waals surface area contributed by atoms with Crippen molar-refractivity contribution < 1.29 is 19.4 Å². The van der Waals surface area contributed by atoms with Gasteiger partial charge in [-0.3, -0.25) is 9.59 Å². The summed E-state index contributed by atoms with van der Waals surface area (Å²) in [5, 5.41) is 9.26. The van der Waals surface area contributed by atoms with Crippen LogP contribution in [0.15, 0.2) is 24.3 Å². The number of rotatable bonds is 6. The van der Waals surface area contributed by atoms with Crippen LogP contribution in [0.3, 0.4) is 0 Å². The minimum absolute atomic E-state index is 0.129. The van der Waals surface area contributed by atoms with Gasteiger partial charge in [0.25, 0.3) is 5.91 Å². The maximum atomic E-state index is 12.1. The molecule has 0 aliphatic rings. The van der Waals surface area contributed by atoms with Crippen molar-refractivity contribution in [2.45, 2.75) is 20.0 Å². The number of hydrogen-bond acceptors (Lipinski definition) is 3. The van der Waals surface area contributed by atoms with E-state index in [2.05, 4.69) is 0 Å². The fourth-order valence-electron chi connectivity index (χ4n) is 1.67. The Bertz CT molecular complexity index is 492. The molecule has 0 aromatic heterocycles. The second kappa shape index (κ2) is 7.14. The van der Waals surface area contributed by atoms with Crippen molar-refractivity contribution in [1.29, 1.82) is 0 Å². The predicted molar refractivity (Wildman–Crippen MR) is 76.0 cm³/mol. The highest BCUT2D eigenvalue weighted by Crippen LogP contribution is 2.24. The molecular formula is C14H18ClNO4. The van der Waals surface area contributed by atoms with Crippen molar-refractivity contribution in [3.63, 3.8) is 0 Å². The lowest BCUT2D eigenvalue weighted by molar-refractivity contribution is -0.144. The Hall–Kier alpha value is -1.75. The average molecular weight is 300 g/mol. The molecule has 0 saturated carbocycles. The third-order valence-corrected chi connectivity index (χ3v) is 3.15. The van der Waals surface area contributed by atoms with Crippen molar-refractivity contribution in [2.24, 2.45) is 5.92 Å². The average Bonchev–Trinajstić information content (AvgIpc) is 2.40. The summed E-state index contributed by atoms with van der Waals surface area (Å²) in [7, 11) is 1.55. The molecule has 0 aliphatic heterocycles. The molecule has 1 amide bonds. The molecule has 0 radical (unpaired) electrons. The largest absolute Gasteiger partial charge is 0.481 e. The first-order chi connectivity index (χ1) is 9.32. The van der Waals surface area contributed by atoms with Crippen LogP contribution in [-0.2, 0) is 9.59 Å². The Morgan fingerprint density at radius 2 is 1.95 bits per heavy atom. The molecule has 1 rings (SSSR count). The summed E-state index contributed by atoms with van der Waals surface area (Å²) in [4.78, 5) is 24.2. The van der Waals surface area contributed by atoms with E-state index in [4.69, 9.17) is 21.4 Å². The van der Waals surface area contributed by atoms with E-state index in [0.717, 1.165) is 0 Å². The van der Waals surface area contributed by atoms with Crippen LogP contribution in [-0.4, -0.2) is 41.6 Å². The van der Waals surface area contributed by atoms with Crippen LogP contribution >= 0.6 is 11.6 Å². The first-order valence-corrected chi connectivity index (χ1v) is 6.59. The van der Waals surface area contributed by atoms with Gasteiger partial charge in [-0.15, -0.1) is 0 Å². The van der Waals surface area contributed by atoms with Crippen molar-refractivity contribution in [3.8, 4) is 5.75 Å². The van der Waals surface area contributed by atoms with E-state index in [-0.39, 0.29) is 12.5 Å². The van der Waals surface area contributed by atoms with Crippen molar-refractivity contribution in [2.75, 3.05) is 13.6 Å². The molecule has 0 saturated heterocycles. The number of ether oxygens (including phenoxy) is 1. The highest BCUT2D eigenvalue weighted by atomic mass is 35.5. The van der Waals surface area contributed by atoms with E-state index in [0.29, 0.717) is 10.8 Å². The molecule has 5 nitrogen and oxygen atoms in total. The lowest BCUT2D eigenvalue weighted by Gasteiger charge is -2.23. The minimum atomic E-state index is -0.940. The quantitative estimate of drug-likeness (QED) is 0.875. The zero-order valence-electron chi connectivity index (χ0n) is 11.7. The third-order valence-electron chi connectivity index (χ3n) is 2.83. The second-order valence-electron chi connectivity index (χ2n) is 4.65. The first kappa shape index (κ1) is 16.3. The molecule has 0 aliphatic carbocycles. The highest BCUT2D eigenvalue weighted by Gasteiger charge is 2.23. The standard InChI is InChI=1S/C14H18ClNO4/c1-9(14(18)19)8-16(3)13(17)10(2)20-12-7-5-4-6-11(12)15/h4-7,9-10H,8H2,1-3H3,(H,18,19). The van der Waals surface area contributed by atoms with Gasteiger partial charge in [0.1, 0.15) is 5.75 Å². The molecule has 0 fully saturated rings. The fraction of sp³-hybridized carbons (Fsp3) is 0.429. The number of halogens is 1. The van der Waals surface area contributed by atoms with Gasteiger partial charge in [0.05, 0.1) is 10.9 Å². The normalized spacial score (nSPS) is 13.4. The first-order valence-electron chi connectivity index (χ1n) is 6.22. The monoisotopic (exact) mass is 299 g/mol. The Labute approximate surface area is 123 Å². The van der Waals surface area contributed by atoms with Gasteiger partial charge < -0.3 is 14.7 Å². The van der Waals surface area contributed by atoms with Crippen LogP contribution in [0.25, 0.3) is 0 Å². The van der Waals surface area contributed by atoms with Gasteiger partial charge in [0.15, 0.2) is 6.10 Å². The maximum Gasteiger partial charge on any atom is 0.308 e. The predicted octanol–water partition coefficient (Wildman–Crippen LogP) is 2.29. The Kier molecular flexibility index (Phi) is 5.82. The summed E-state index contributed by atoms with van der Waals surface area (Å²) in [5.41, 5.74) is 0. The number of carbonyl (C=O) groups is 2. The van der Waals surface area contributed by atoms with E-state index in [9.17, 15) is 9.59 Å². The molecule has 6 heteroatoms. The number of likely N-dealkylation sites (N-methyl/N-ethyl adjacent to an activating group) is 1. The van der Waals surface area contributed by atoms with Crippen molar-refractivity contribution >= 4 is 23.5 Å². The van der Waals surface area contributed by atoms with E-state index >= 15 is 0 Å². The topological polar surface area (TPSA) is 66.8 Å². The molecule has 2 unspecified atom stereocenters. The molecule has 0 bridgehead atoms. The van der Waals surface area contributed by atoms with Crippen molar-refractivity contribution in [3.05, 3.63) is 29.3 Å². The van der Waals surface area contributed by atoms with Gasteiger partial charge in [0, 0.05) is 13.6 Å².